The summed E-state index contributed by atoms with van der Waals surface area (Å²) in [6.45, 7) is 0. The van der Waals surface area contributed by atoms with Crippen LogP contribution < -0.4 is 31.6 Å². The Labute approximate surface area is 137 Å². The number of benzene rings is 1. The minimum Gasteiger partial charge on any atom is -0.493 e. The van der Waals surface area contributed by atoms with Crippen LogP contribution in [0.4, 0.5) is 5.82 Å². The number of nitrogens with one attached hydrogen (secondary N) is 2. The Bertz CT molecular complexity index is 884. The summed E-state index contributed by atoms with van der Waals surface area (Å²) in [4.78, 5) is 35.7. The van der Waals surface area contributed by atoms with Crippen molar-refractivity contribution in [1.82, 2.24) is 14.6 Å². The zero-order chi connectivity index (χ0) is 17.9. The van der Waals surface area contributed by atoms with Crippen molar-refractivity contribution in [3.05, 3.63) is 50.7 Å². The Morgan fingerprint density at radius 3 is 2.29 bits per heavy atom. The molecular weight excluding hydrogens is 316 g/mol. The maximum absolute atomic E-state index is 12.2. The van der Waals surface area contributed by atoms with E-state index in [4.69, 9.17) is 9.47 Å². The summed E-state index contributed by atoms with van der Waals surface area (Å²) in [6, 6.07) is 5.87. The molecule has 1 aromatic heterocycles. The van der Waals surface area contributed by atoms with Crippen molar-refractivity contribution in [2.45, 2.75) is 0 Å². The number of hydrazine groups is 1. The molecule has 0 saturated heterocycles. The van der Waals surface area contributed by atoms with Crippen LogP contribution in [0.25, 0.3) is 0 Å². The Morgan fingerprint density at radius 2 is 1.67 bits per heavy atom. The third-order valence-corrected chi connectivity index (χ3v) is 3.48. The fourth-order valence-electron chi connectivity index (χ4n) is 2.02. The van der Waals surface area contributed by atoms with Crippen molar-refractivity contribution in [1.29, 1.82) is 0 Å². The predicted octanol–water partition coefficient (Wildman–Crippen LogP) is -0.142. The molecule has 0 aliphatic rings. The molecule has 2 N–H and O–H groups in total. The maximum Gasteiger partial charge on any atom is 0.332 e. The highest BCUT2D eigenvalue weighted by Crippen LogP contribution is 2.27. The molecule has 9 heteroatoms. The van der Waals surface area contributed by atoms with E-state index in [1.54, 1.807) is 12.1 Å². The molecule has 1 aromatic carbocycles. The van der Waals surface area contributed by atoms with E-state index in [2.05, 4.69) is 10.9 Å². The first kappa shape index (κ1) is 17.1. The van der Waals surface area contributed by atoms with Crippen LogP contribution in [0.15, 0.2) is 33.9 Å². The number of carbonyl (C=O) groups excluding carboxylic acids is 1. The molecule has 1 heterocycles. The second kappa shape index (κ2) is 6.90. The fraction of sp³-hybridized carbons (Fsp3) is 0.267. The van der Waals surface area contributed by atoms with E-state index in [0.717, 1.165) is 4.57 Å². The summed E-state index contributed by atoms with van der Waals surface area (Å²) in [6.07, 6.45) is 0. The molecular formula is C15H18N4O5. The van der Waals surface area contributed by atoms with Gasteiger partial charge in [0.2, 0.25) is 0 Å². The van der Waals surface area contributed by atoms with Crippen molar-refractivity contribution in [2.75, 3.05) is 19.6 Å². The zero-order valence-electron chi connectivity index (χ0n) is 13.7. The topological polar surface area (TPSA) is 104 Å². The number of aromatic nitrogens is 2. The van der Waals surface area contributed by atoms with E-state index in [0.29, 0.717) is 17.1 Å². The van der Waals surface area contributed by atoms with Gasteiger partial charge in [0, 0.05) is 25.7 Å². The number of methoxy groups -OCH3 is 2. The van der Waals surface area contributed by atoms with Crippen molar-refractivity contribution in [2.24, 2.45) is 14.1 Å². The summed E-state index contributed by atoms with van der Waals surface area (Å²) >= 11 is 0. The monoisotopic (exact) mass is 334 g/mol. The van der Waals surface area contributed by atoms with Crippen molar-refractivity contribution in [3.8, 4) is 11.5 Å². The zero-order valence-corrected chi connectivity index (χ0v) is 13.7. The number of nitrogens with zero attached hydrogens (tertiary/aromatic N) is 2. The van der Waals surface area contributed by atoms with Gasteiger partial charge in [0.15, 0.2) is 11.5 Å². The predicted molar refractivity (Wildman–Crippen MR) is 87.6 cm³/mol. The van der Waals surface area contributed by atoms with Gasteiger partial charge in [-0.25, -0.2) is 4.79 Å². The highest BCUT2D eigenvalue weighted by Gasteiger charge is 2.12. The quantitative estimate of drug-likeness (QED) is 0.738. The summed E-state index contributed by atoms with van der Waals surface area (Å²) in [5, 5.41) is 0. The number of hydrogen-bond donors (Lipinski definition) is 2. The number of amides is 1. The largest absolute Gasteiger partial charge is 0.493 e. The van der Waals surface area contributed by atoms with Crippen LogP contribution in [0.1, 0.15) is 10.4 Å². The van der Waals surface area contributed by atoms with Gasteiger partial charge in [-0.2, -0.15) is 0 Å². The van der Waals surface area contributed by atoms with Gasteiger partial charge in [0.05, 0.1) is 14.2 Å². The summed E-state index contributed by atoms with van der Waals surface area (Å²) in [5.41, 5.74) is 4.31. The van der Waals surface area contributed by atoms with E-state index >= 15 is 0 Å². The van der Waals surface area contributed by atoms with Crippen LogP contribution in [0.3, 0.4) is 0 Å². The third kappa shape index (κ3) is 3.24. The van der Waals surface area contributed by atoms with Gasteiger partial charge in [-0.1, -0.05) is 0 Å². The molecule has 1 amide bonds. The molecule has 24 heavy (non-hydrogen) atoms. The molecule has 2 aromatic rings. The SMILES string of the molecule is COc1ccc(C(=O)NNc2cc(=O)n(C)c(=O)n2C)cc1OC. The van der Waals surface area contributed by atoms with Crippen molar-refractivity contribution < 1.29 is 14.3 Å². The summed E-state index contributed by atoms with van der Waals surface area (Å²) in [5.74, 6) is 0.600. The van der Waals surface area contributed by atoms with Crippen LogP contribution in [0.2, 0.25) is 0 Å². The molecule has 0 aliphatic carbocycles. The van der Waals surface area contributed by atoms with Gasteiger partial charge in [-0.05, 0) is 18.2 Å². The fourth-order valence-corrected chi connectivity index (χ4v) is 2.02. The van der Waals surface area contributed by atoms with Crippen LogP contribution in [0, 0.1) is 0 Å². The van der Waals surface area contributed by atoms with Gasteiger partial charge in [0.1, 0.15) is 5.82 Å². The number of rotatable bonds is 5. The highest BCUT2D eigenvalue weighted by atomic mass is 16.5. The normalized spacial score (nSPS) is 10.2. The smallest absolute Gasteiger partial charge is 0.332 e. The Balaban J connectivity index is 2.20. The van der Waals surface area contributed by atoms with Crippen LogP contribution in [0.5, 0.6) is 11.5 Å². The van der Waals surface area contributed by atoms with Crippen LogP contribution in [-0.2, 0) is 14.1 Å². The van der Waals surface area contributed by atoms with Gasteiger partial charge >= 0.3 is 5.69 Å². The van der Waals surface area contributed by atoms with E-state index in [1.807, 2.05) is 0 Å². The first-order valence-electron chi connectivity index (χ1n) is 6.94. The molecule has 0 saturated carbocycles. The highest BCUT2D eigenvalue weighted by molar-refractivity contribution is 5.95. The molecule has 9 nitrogen and oxygen atoms in total. The maximum atomic E-state index is 12.2. The van der Waals surface area contributed by atoms with Crippen molar-refractivity contribution in [3.63, 3.8) is 0 Å². The molecule has 0 unspecified atom stereocenters. The lowest BCUT2D eigenvalue weighted by atomic mass is 10.2. The number of hydrogen-bond acceptors (Lipinski definition) is 6. The molecule has 128 valence electrons. The molecule has 0 spiro atoms. The first-order chi connectivity index (χ1) is 11.4. The van der Waals surface area contributed by atoms with Gasteiger partial charge in [-0.15, -0.1) is 0 Å². The van der Waals surface area contributed by atoms with Crippen molar-refractivity contribution >= 4 is 11.7 Å². The van der Waals surface area contributed by atoms with E-state index in [-0.39, 0.29) is 5.82 Å². The molecule has 0 aliphatic heterocycles. The standard InChI is InChI=1S/C15H18N4O5/c1-18-12(8-13(20)19(2)15(18)22)16-17-14(21)9-5-6-10(23-3)11(7-9)24-4/h5-8,16H,1-4H3,(H,17,21). The van der Waals surface area contributed by atoms with Crippen LogP contribution >= 0.6 is 0 Å². The van der Waals surface area contributed by atoms with E-state index in [9.17, 15) is 14.4 Å². The number of ether oxygens (including phenoxy) is 2. The molecule has 0 bridgehead atoms. The summed E-state index contributed by atoms with van der Waals surface area (Å²) < 4.78 is 12.4. The minimum atomic E-state index is -0.509. The molecule has 0 atom stereocenters. The minimum absolute atomic E-state index is 0.164. The Kier molecular flexibility index (Phi) is 4.93. The first-order valence-corrected chi connectivity index (χ1v) is 6.94. The van der Waals surface area contributed by atoms with Gasteiger partial charge in [0.25, 0.3) is 11.5 Å². The lowest BCUT2D eigenvalue weighted by Gasteiger charge is -2.13. The molecule has 0 fully saturated rings. The lowest BCUT2D eigenvalue weighted by molar-refractivity contribution is 0.0962. The van der Waals surface area contributed by atoms with Crippen LogP contribution in [-0.4, -0.2) is 29.3 Å². The Morgan fingerprint density at radius 1 is 1.00 bits per heavy atom. The lowest BCUT2D eigenvalue weighted by Crippen LogP contribution is -2.40. The second-order valence-corrected chi connectivity index (χ2v) is 4.92. The van der Waals surface area contributed by atoms with Gasteiger partial charge in [-0.3, -0.25) is 29.6 Å². The second-order valence-electron chi connectivity index (χ2n) is 4.92. The number of anilines is 1. The number of carbonyl (C=O) groups is 1. The third-order valence-electron chi connectivity index (χ3n) is 3.48. The van der Waals surface area contributed by atoms with E-state index < -0.39 is 17.2 Å². The van der Waals surface area contributed by atoms with Gasteiger partial charge < -0.3 is 9.47 Å². The summed E-state index contributed by atoms with van der Waals surface area (Å²) in [7, 11) is 5.81. The molecule has 2 rings (SSSR count). The van der Waals surface area contributed by atoms with E-state index in [1.165, 1.54) is 45.0 Å². The molecule has 0 radical (unpaired) electrons. The Hall–Kier alpha value is -3.23. The average molecular weight is 334 g/mol. The average Bonchev–Trinajstić information content (AvgIpc) is 2.60.